The van der Waals surface area contributed by atoms with E-state index < -0.39 is 23.2 Å². The molecule has 3 nitrogen and oxygen atoms in total. The molecule has 0 spiro atoms. The van der Waals surface area contributed by atoms with Crippen molar-refractivity contribution in [2.24, 2.45) is 0 Å². The van der Waals surface area contributed by atoms with E-state index in [4.69, 9.17) is 16.3 Å². The SMILES string of the molecule is CC(C)(C)OC(=O)[C@@]1(F)C(/C=C/c2ccccc2)=CC(=O)C[C@H]1c1cccc(Cl)c1. The van der Waals surface area contributed by atoms with E-state index in [9.17, 15) is 9.59 Å². The lowest BCUT2D eigenvalue weighted by Gasteiger charge is -2.37. The van der Waals surface area contributed by atoms with Gasteiger partial charge in [0.05, 0.1) is 0 Å². The molecule has 0 aliphatic heterocycles. The Morgan fingerprint density at radius 1 is 1.13 bits per heavy atom. The van der Waals surface area contributed by atoms with Gasteiger partial charge in [-0.1, -0.05) is 66.2 Å². The predicted octanol–water partition coefficient (Wildman–Crippen LogP) is 6.09. The molecular formula is C25H24ClFO3. The average molecular weight is 427 g/mol. The largest absolute Gasteiger partial charge is 0.457 e. The fraction of sp³-hybridized carbons (Fsp3) is 0.280. The van der Waals surface area contributed by atoms with Crippen LogP contribution in [0.3, 0.4) is 0 Å². The van der Waals surface area contributed by atoms with Crippen LogP contribution in [0.2, 0.25) is 5.02 Å². The van der Waals surface area contributed by atoms with Gasteiger partial charge >= 0.3 is 5.97 Å². The topological polar surface area (TPSA) is 43.4 Å². The van der Waals surface area contributed by atoms with Gasteiger partial charge in [0.25, 0.3) is 0 Å². The van der Waals surface area contributed by atoms with Crippen LogP contribution in [0.5, 0.6) is 0 Å². The van der Waals surface area contributed by atoms with Crippen molar-refractivity contribution >= 4 is 29.4 Å². The molecule has 0 heterocycles. The summed E-state index contributed by atoms with van der Waals surface area (Å²) < 4.78 is 22.2. The number of hydrogen-bond acceptors (Lipinski definition) is 3. The van der Waals surface area contributed by atoms with Crippen LogP contribution in [0.1, 0.15) is 44.2 Å². The Hall–Kier alpha value is -2.72. The average Bonchev–Trinajstić information content (AvgIpc) is 2.67. The summed E-state index contributed by atoms with van der Waals surface area (Å²) in [5.41, 5.74) is -2.14. The van der Waals surface area contributed by atoms with Gasteiger partial charge < -0.3 is 4.74 Å². The second-order valence-corrected chi connectivity index (χ2v) is 8.77. The summed E-state index contributed by atoms with van der Waals surface area (Å²) in [6.07, 6.45) is 4.20. The van der Waals surface area contributed by atoms with Gasteiger partial charge in [0.2, 0.25) is 5.67 Å². The number of ether oxygens (including phenoxy) is 1. The molecule has 1 aliphatic carbocycles. The van der Waals surface area contributed by atoms with Crippen molar-refractivity contribution in [3.05, 3.63) is 88.5 Å². The number of carbonyl (C=O) groups is 2. The molecule has 0 fully saturated rings. The van der Waals surface area contributed by atoms with Crippen LogP contribution in [0.15, 0.2) is 72.3 Å². The van der Waals surface area contributed by atoms with Crippen LogP contribution in [-0.4, -0.2) is 23.0 Å². The zero-order chi connectivity index (χ0) is 21.9. The third kappa shape index (κ3) is 4.88. The maximum Gasteiger partial charge on any atom is 0.349 e. The smallest absolute Gasteiger partial charge is 0.349 e. The third-order valence-electron chi connectivity index (χ3n) is 4.82. The van der Waals surface area contributed by atoms with Crippen LogP contribution >= 0.6 is 11.6 Å². The number of esters is 1. The van der Waals surface area contributed by atoms with Crippen molar-refractivity contribution in [2.45, 2.75) is 44.4 Å². The molecule has 3 rings (SSSR count). The highest BCUT2D eigenvalue weighted by molar-refractivity contribution is 6.30. The normalized spacial score (nSPS) is 22.1. The summed E-state index contributed by atoms with van der Waals surface area (Å²) in [5.74, 6) is -2.32. The quantitative estimate of drug-likeness (QED) is 0.556. The minimum Gasteiger partial charge on any atom is -0.457 e. The van der Waals surface area contributed by atoms with E-state index >= 15 is 4.39 Å². The van der Waals surface area contributed by atoms with Gasteiger partial charge in [-0.25, -0.2) is 9.18 Å². The van der Waals surface area contributed by atoms with Gasteiger partial charge in [-0.2, -0.15) is 0 Å². The van der Waals surface area contributed by atoms with Crippen LogP contribution in [0.25, 0.3) is 6.08 Å². The lowest BCUT2D eigenvalue weighted by atomic mass is 9.71. The predicted molar refractivity (Wildman–Crippen MR) is 117 cm³/mol. The Morgan fingerprint density at radius 2 is 1.83 bits per heavy atom. The van der Waals surface area contributed by atoms with Crippen LogP contribution in [0, 0.1) is 0 Å². The van der Waals surface area contributed by atoms with Gasteiger partial charge in [0.1, 0.15) is 5.60 Å². The molecule has 30 heavy (non-hydrogen) atoms. The van der Waals surface area contributed by atoms with E-state index in [1.807, 2.05) is 30.3 Å². The Bertz CT molecular complexity index is 1000. The number of rotatable bonds is 4. The summed E-state index contributed by atoms with van der Waals surface area (Å²) in [7, 11) is 0. The highest BCUT2D eigenvalue weighted by Crippen LogP contribution is 2.46. The highest BCUT2D eigenvalue weighted by atomic mass is 35.5. The van der Waals surface area contributed by atoms with Crippen molar-refractivity contribution in [1.29, 1.82) is 0 Å². The first-order chi connectivity index (χ1) is 14.1. The van der Waals surface area contributed by atoms with Crippen molar-refractivity contribution < 1.29 is 18.7 Å². The minimum atomic E-state index is -2.53. The molecule has 5 heteroatoms. The maximum absolute atomic E-state index is 16.7. The summed E-state index contributed by atoms with van der Waals surface area (Å²) in [5, 5.41) is 0.405. The standard InChI is InChI=1S/C25H24ClFO3/c1-24(2,3)30-23(29)25(27)19(13-12-17-8-5-4-6-9-17)15-21(28)16-22(25)18-10-7-11-20(26)14-18/h4-15,22H,16H2,1-3H3/b13-12+/t22-,25+/m0/s1. The number of hydrogen-bond donors (Lipinski definition) is 0. The molecule has 0 radical (unpaired) electrons. The first-order valence-electron chi connectivity index (χ1n) is 9.75. The molecule has 2 aromatic carbocycles. The minimum absolute atomic E-state index is 0.0261. The Balaban J connectivity index is 2.11. The number of ketones is 1. The maximum atomic E-state index is 16.7. The zero-order valence-corrected chi connectivity index (χ0v) is 17.9. The Kier molecular flexibility index (Phi) is 6.27. The van der Waals surface area contributed by atoms with Crippen LogP contribution in [-0.2, 0) is 14.3 Å². The Labute approximate surface area is 181 Å². The van der Waals surface area contributed by atoms with Crippen molar-refractivity contribution in [2.75, 3.05) is 0 Å². The van der Waals surface area contributed by atoms with Gasteiger partial charge in [-0.05, 0) is 50.1 Å². The molecular weight excluding hydrogens is 403 g/mol. The summed E-state index contributed by atoms with van der Waals surface area (Å²) in [4.78, 5) is 25.6. The molecule has 0 aromatic heterocycles. The van der Waals surface area contributed by atoms with Gasteiger partial charge in [0, 0.05) is 22.9 Å². The second-order valence-electron chi connectivity index (χ2n) is 8.34. The number of alkyl halides is 1. The van der Waals surface area contributed by atoms with E-state index in [0.29, 0.717) is 10.6 Å². The number of benzene rings is 2. The molecule has 0 saturated carbocycles. The Morgan fingerprint density at radius 3 is 2.47 bits per heavy atom. The summed E-state index contributed by atoms with van der Waals surface area (Å²) >= 11 is 6.11. The number of allylic oxidation sites excluding steroid dienone is 2. The molecule has 1 aliphatic rings. The lowest BCUT2D eigenvalue weighted by molar-refractivity contribution is -0.168. The summed E-state index contributed by atoms with van der Waals surface area (Å²) in [6, 6.07) is 15.9. The lowest BCUT2D eigenvalue weighted by Crippen LogP contribution is -2.48. The van der Waals surface area contributed by atoms with E-state index in [1.54, 1.807) is 51.1 Å². The van der Waals surface area contributed by atoms with Crippen molar-refractivity contribution in [1.82, 2.24) is 0 Å². The van der Waals surface area contributed by atoms with Crippen LogP contribution in [0.4, 0.5) is 4.39 Å². The van der Waals surface area contributed by atoms with Gasteiger partial charge in [-0.3, -0.25) is 4.79 Å². The number of carbonyl (C=O) groups excluding carboxylic acids is 2. The molecule has 0 amide bonds. The number of halogens is 2. The van der Waals surface area contributed by atoms with E-state index in [2.05, 4.69) is 0 Å². The molecule has 0 unspecified atom stereocenters. The molecule has 0 saturated heterocycles. The van der Waals surface area contributed by atoms with Crippen LogP contribution < -0.4 is 0 Å². The fourth-order valence-corrected chi connectivity index (χ4v) is 3.68. The molecule has 2 atom stereocenters. The highest BCUT2D eigenvalue weighted by Gasteiger charge is 2.54. The molecule has 156 valence electrons. The first-order valence-corrected chi connectivity index (χ1v) is 10.1. The zero-order valence-electron chi connectivity index (χ0n) is 17.2. The molecule has 2 aromatic rings. The second kappa shape index (κ2) is 8.57. The third-order valence-corrected chi connectivity index (χ3v) is 5.06. The van der Waals surface area contributed by atoms with E-state index in [1.165, 1.54) is 12.2 Å². The van der Waals surface area contributed by atoms with Crippen molar-refractivity contribution in [3.63, 3.8) is 0 Å². The van der Waals surface area contributed by atoms with E-state index in [-0.39, 0.29) is 17.8 Å². The van der Waals surface area contributed by atoms with E-state index in [0.717, 1.165) is 5.56 Å². The van der Waals surface area contributed by atoms with Gasteiger partial charge in [0.15, 0.2) is 5.78 Å². The molecule has 0 bridgehead atoms. The van der Waals surface area contributed by atoms with Gasteiger partial charge in [-0.15, -0.1) is 0 Å². The van der Waals surface area contributed by atoms with Crippen molar-refractivity contribution in [3.8, 4) is 0 Å². The first kappa shape index (κ1) is 22.0. The summed E-state index contributed by atoms with van der Waals surface area (Å²) in [6.45, 7) is 5.04. The molecule has 0 N–H and O–H groups in total. The monoisotopic (exact) mass is 426 g/mol. The fourth-order valence-electron chi connectivity index (χ4n) is 3.48.